The first-order valence-electron chi connectivity index (χ1n) is 7.89. The number of carbonyl (C=O) groups excluding carboxylic acids is 2. The van der Waals surface area contributed by atoms with Gasteiger partial charge in [-0.15, -0.1) is 0 Å². The number of halogens is 1. The molecule has 1 aromatic rings. The summed E-state index contributed by atoms with van der Waals surface area (Å²) in [5.74, 6) is 0.402. The van der Waals surface area contributed by atoms with Gasteiger partial charge in [0.05, 0.1) is 5.92 Å². The van der Waals surface area contributed by atoms with Gasteiger partial charge >= 0.3 is 0 Å². The predicted molar refractivity (Wildman–Crippen MR) is 88.4 cm³/mol. The Morgan fingerprint density at radius 3 is 2.27 bits per heavy atom. The Morgan fingerprint density at radius 1 is 1.14 bits per heavy atom. The van der Waals surface area contributed by atoms with Gasteiger partial charge in [-0.25, -0.2) is 0 Å². The third kappa shape index (κ3) is 3.12. The molecule has 0 N–H and O–H groups in total. The third-order valence-corrected chi connectivity index (χ3v) is 5.06. The Bertz CT molecular complexity index is 565. The van der Waals surface area contributed by atoms with Crippen molar-refractivity contribution in [2.24, 2.45) is 11.8 Å². The summed E-state index contributed by atoms with van der Waals surface area (Å²) in [6.07, 6.45) is 2.67. The topological polar surface area (TPSA) is 40.6 Å². The van der Waals surface area contributed by atoms with Crippen molar-refractivity contribution in [2.45, 2.75) is 26.2 Å². The minimum atomic E-state index is -0.421. The fourth-order valence-corrected chi connectivity index (χ4v) is 3.37. The molecular formula is C17H21ClN2O2. The van der Waals surface area contributed by atoms with Crippen molar-refractivity contribution in [3.8, 4) is 0 Å². The highest BCUT2D eigenvalue weighted by molar-refractivity contribution is 6.64. The molecule has 0 radical (unpaired) electrons. The molecule has 5 heteroatoms. The zero-order valence-electron chi connectivity index (χ0n) is 12.8. The van der Waals surface area contributed by atoms with Crippen LogP contribution in [-0.2, 0) is 9.59 Å². The lowest BCUT2D eigenvalue weighted by Crippen LogP contribution is -2.32. The number of hydrogen-bond acceptors (Lipinski definition) is 3. The lowest BCUT2D eigenvalue weighted by molar-refractivity contribution is -0.120. The second-order valence-electron chi connectivity index (χ2n) is 6.40. The minimum Gasteiger partial charge on any atom is -0.372 e. The molecule has 4 nitrogen and oxygen atoms in total. The van der Waals surface area contributed by atoms with Crippen molar-refractivity contribution in [3.63, 3.8) is 0 Å². The highest BCUT2D eigenvalue weighted by Gasteiger charge is 2.34. The van der Waals surface area contributed by atoms with Gasteiger partial charge in [0.15, 0.2) is 0 Å². The maximum absolute atomic E-state index is 12.0. The molecule has 22 heavy (non-hydrogen) atoms. The van der Waals surface area contributed by atoms with E-state index in [1.54, 1.807) is 4.90 Å². The number of rotatable bonds is 3. The first-order valence-corrected chi connectivity index (χ1v) is 8.27. The van der Waals surface area contributed by atoms with E-state index >= 15 is 0 Å². The van der Waals surface area contributed by atoms with E-state index in [2.05, 4.69) is 24.0 Å². The summed E-state index contributed by atoms with van der Waals surface area (Å²) in [4.78, 5) is 27.3. The smallest absolute Gasteiger partial charge is 0.227 e. The van der Waals surface area contributed by atoms with Crippen LogP contribution in [0.3, 0.4) is 0 Å². The Morgan fingerprint density at radius 2 is 1.73 bits per heavy atom. The summed E-state index contributed by atoms with van der Waals surface area (Å²) in [5.41, 5.74) is 2.05. The molecule has 118 valence electrons. The van der Waals surface area contributed by atoms with Crippen molar-refractivity contribution >= 4 is 34.1 Å². The monoisotopic (exact) mass is 320 g/mol. The molecule has 1 atom stereocenters. The van der Waals surface area contributed by atoms with Crippen LogP contribution in [0.1, 0.15) is 26.2 Å². The van der Waals surface area contributed by atoms with Crippen LogP contribution in [0.25, 0.3) is 0 Å². The van der Waals surface area contributed by atoms with E-state index < -0.39 is 5.24 Å². The molecule has 0 bridgehead atoms. The SMILES string of the molecule is CC1CCN(c2ccc(N3CC(C(=O)Cl)CC3=O)cc2)CC1. The summed E-state index contributed by atoms with van der Waals surface area (Å²) < 4.78 is 0. The molecular weight excluding hydrogens is 300 g/mol. The van der Waals surface area contributed by atoms with E-state index in [9.17, 15) is 9.59 Å². The molecule has 1 aromatic carbocycles. The normalized spacial score (nSPS) is 23.2. The number of carbonyl (C=O) groups is 2. The molecule has 1 unspecified atom stereocenters. The third-order valence-electron chi connectivity index (χ3n) is 4.76. The second-order valence-corrected chi connectivity index (χ2v) is 6.77. The average molecular weight is 321 g/mol. The van der Waals surface area contributed by atoms with E-state index in [-0.39, 0.29) is 18.2 Å². The van der Waals surface area contributed by atoms with Crippen molar-refractivity contribution in [1.29, 1.82) is 0 Å². The standard InChI is InChI=1S/C17H21ClN2O2/c1-12-6-8-19(9-7-12)14-2-4-15(5-3-14)20-11-13(17(18)22)10-16(20)21/h2-5,12-13H,6-11H2,1H3. The van der Waals surface area contributed by atoms with Gasteiger partial charge < -0.3 is 9.80 Å². The average Bonchev–Trinajstić information content (AvgIpc) is 2.91. The predicted octanol–water partition coefficient (Wildman–Crippen LogP) is 3.04. The maximum Gasteiger partial charge on any atom is 0.227 e. The van der Waals surface area contributed by atoms with Crippen LogP contribution in [0.4, 0.5) is 11.4 Å². The molecule has 0 aromatic heterocycles. The number of piperidine rings is 1. The largest absolute Gasteiger partial charge is 0.372 e. The number of benzene rings is 1. The highest BCUT2D eigenvalue weighted by atomic mass is 35.5. The zero-order valence-corrected chi connectivity index (χ0v) is 13.6. The summed E-state index contributed by atoms with van der Waals surface area (Å²) in [7, 11) is 0. The summed E-state index contributed by atoms with van der Waals surface area (Å²) in [6.45, 7) is 4.87. The zero-order chi connectivity index (χ0) is 15.7. The molecule has 2 heterocycles. The number of hydrogen-bond donors (Lipinski definition) is 0. The highest BCUT2D eigenvalue weighted by Crippen LogP contribution is 2.29. The second kappa shape index (κ2) is 6.29. The van der Waals surface area contributed by atoms with E-state index in [1.165, 1.54) is 18.5 Å². The van der Waals surface area contributed by atoms with Crippen molar-refractivity contribution in [1.82, 2.24) is 0 Å². The van der Waals surface area contributed by atoms with E-state index in [0.717, 1.165) is 24.7 Å². The van der Waals surface area contributed by atoms with Crippen molar-refractivity contribution in [2.75, 3.05) is 29.4 Å². The van der Waals surface area contributed by atoms with Crippen LogP contribution in [0.2, 0.25) is 0 Å². The van der Waals surface area contributed by atoms with Gasteiger partial charge in [-0.05, 0) is 54.6 Å². The van der Waals surface area contributed by atoms with Gasteiger partial charge in [-0.1, -0.05) is 6.92 Å². The summed E-state index contributed by atoms with van der Waals surface area (Å²) in [5, 5.41) is -0.421. The molecule has 2 aliphatic heterocycles. The lowest BCUT2D eigenvalue weighted by Gasteiger charge is -2.32. The van der Waals surface area contributed by atoms with Gasteiger partial charge in [0.1, 0.15) is 0 Å². The van der Waals surface area contributed by atoms with Crippen LogP contribution in [0.15, 0.2) is 24.3 Å². The fourth-order valence-electron chi connectivity index (χ4n) is 3.22. The Labute approximate surface area is 136 Å². The Kier molecular flexibility index (Phi) is 4.39. The minimum absolute atomic E-state index is 0.0291. The molecule has 2 saturated heterocycles. The number of nitrogens with zero attached hydrogens (tertiary/aromatic N) is 2. The van der Waals surface area contributed by atoms with Crippen LogP contribution in [0.5, 0.6) is 0 Å². The molecule has 1 amide bonds. The molecule has 3 rings (SSSR count). The summed E-state index contributed by atoms with van der Waals surface area (Å²) >= 11 is 5.52. The van der Waals surface area contributed by atoms with Gasteiger partial charge in [-0.3, -0.25) is 9.59 Å². The first kappa shape index (κ1) is 15.3. The van der Waals surface area contributed by atoms with Gasteiger partial charge in [-0.2, -0.15) is 0 Å². The Hall–Kier alpha value is -1.55. The maximum atomic E-state index is 12.0. The Balaban J connectivity index is 1.69. The summed E-state index contributed by atoms with van der Waals surface area (Å²) in [6, 6.07) is 8.06. The quantitative estimate of drug-likeness (QED) is 0.804. The number of anilines is 2. The van der Waals surface area contributed by atoms with E-state index in [4.69, 9.17) is 11.6 Å². The molecule has 0 aliphatic carbocycles. The lowest BCUT2D eigenvalue weighted by atomic mass is 9.99. The van der Waals surface area contributed by atoms with Gasteiger partial charge in [0.25, 0.3) is 0 Å². The van der Waals surface area contributed by atoms with Gasteiger partial charge in [0.2, 0.25) is 11.1 Å². The van der Waals surface area contributed by atoms with Crippen LogP contribution in [-0.4, -0.2) is 30.8 Å². The van der Waals surface area contributed by atoms with Gasteiger partial charge in [0, 0.05) is 37.4 Å². The molecule has 2 fully saturated rings. The van der Waals surface area contributed by atoms with Crippen molar-refractivity contribution < 1.29 is 9.59 Å². The first-order chi connectivity index (χ1) is 10.5. The molecule has 2 aliphatic rings. The number of amides is 1. The molecule has 0 spiro atoms. The van der Waals surface area contributed by atoms with Crippen LogP contribution in [0, 0.1) is 11.8 Å². The van der Waals surface area contributed by atoms with Crippen molar-refractivity contribution in [3.05, 3.63) is 24.3 Å². The van der Waals surface area contributed by atoms with Crippen LogP contribution < -0.4 is 9.80 Å². The molecule has 0 saturated carbocycles. The fraction of sp³-hybridized carbons (Fsp3) is 0.529. The van der Waals surface area contributed by atoms with E-state index in [0.29, 0.717) is 6.54 Å². The van der Waals surface area contributed by atoms with E-state index in [1.807, 2.05) is 12.1 Å². The van der Waals surface area contributed by atoms with Crippen LogP contribution >= 0.6 is 11.6 Å².